The zero-order valence-corrected chi connectivity index (χ0v) is 18.0. The number of hydrogen-bond donors (Lipinski definition) is 1. The van der Waals surface area contributed by atoms with E-state index in [1.165, 1.54) is 18.7 Å². The maximum Gasteiger partial charge on any atom is 0.272 e. The molecular weight excluding hydrogens is 436 g/mol. The molecule has 1 aliphatic rings. The molecule has 0 atom stereocenters. The Morgan fingerprint density at radius 1 is 1.06 bits per heavy atom. The molecule has 2 aromatic carbocycles. The highest BCUT2D eigenvalue weighted by atomic mass is 35.5. The van der Waals surface area contributed by atoms with Gasteiger partial charge in [-0.3, -0.25) is 14.4 Å². The van der Waals surface area contributed by atoms with Crippen LogP contribution in [-0.4, -0.2) is 17.7 Å². The largest absolute Gasteiger partial charge is 0.468 e. The molecule has 4 rings (SSSR count). The Bertz CT molecular complexity index is 1190. The number of nitrogens with one attached hydrogen (secondary N) is 1. The van der Waals surface area contributed by atoms with Gasteiger partial charge < -0.3 is 9.73 Å². The van der Waals surface area contributed by atoms with Gasteiger partial charge in [-0.1, -0.05) is 29.8 Å². The number of benzene rings is 2. The SMILES string of the molecule is CC(=O)Nc1ccc(C2=C(SCc3ccco3)C(=O)N(c3cccc(Cl)c3)C2=O)cc1. The third-order valence-electron chi connectivity index (χ3n) is 4.54. The van der Waals surface area contributed by atoms with Crippen molar-refractivity contribution in [2.75, 3.05) is 10.2 Å². The lowest BCUT2D eigenvalue weighted by Gasteiger charge is -2.15. The number of halogens is 1. The Labute approximate surface area is 187 Å². The fourth-order valence-electron chi connectivity index (χ4n) is 3.21. The van der Waals surface area contributed by atoms with E-state index in [4.69, 9.17) is 16.0 Å². The lowest BCUT2D eigenvalue weighted by molar-refractivity contribution is -0.120. The van der Waals surface area contributed by atoms with Gasteiger partial charge in [0, 0.05) is 17.6 Å². The number of nitrogens with zero attached hydrogens (tertiary/aromatic N) is 1. The Balaban J connectivity index is 1.72. The Hall–Kier alpha value is -3.29. The summed E-state index contributed by atoms with van der Waals surface area (Å²) in [4.78, 5) is 39.4. The Kier molecular flexibility index (Phi) is 5.97. The summed E-state index contributed by atoms with van der Waals surface area (Å²) in [6, 6.07) is 17.0. The van der Waals surface area contributed by atoms with Crippen LogP contribution >= 0.6 is 23.4 Å². The molecule has 8 heteroatoms. The van der Waals surface area contributed by atoms with E-state index in [0.29, 0.717) is 44.0 Å². The van der Waals surface area contributed by atoms with Crippen molar-refractivity contribution < 1.29 is 18.8 Å². The number of thioether (sulfide) groups is 1. The number of carbonyl (C=O) groups is 3. The van der Waals surface area contributed by atoms with Crippen LogP contribution in [0.2, 0.25) is 5.02 Å². The summed E-state index contributed by atoms with van der Waals surface area (Å²) >= 11 is 7.33. The van der Waals surface area contributed by atoms with Crippen molar-refractivity contribution in [3.05, 3.63) is 88.2 Å². The van der Waals surface area contributed by atoms with Gasteiger partial charge in [0.1, 0.15) is 5.76 Å². The summed E-state index contributed by atoms with van der Waals surface area (Å²) < 4.78 is 5.37. The zero-order chi connectivity index (χ0) is 22.0. The van der Waals surface area contributed by atoms with Crippen LogP contribution in [0.1, 0.15) is 18.2 Å². The first-order chi connectivity index (χ1) is 14.9. The number of amides is 3. The van der Waals surface area contributed by atoms with Crippen molar-refractivity contribution >= 4 is 58.0 Å². The van der Waals surface area contributed by atoms with Crippen LogP contribution in [-0.2, 0) is 20.1 Å². The van der Waals surface area contributed by atoms with Crippen LogP contribution < -0.4 is 10.2 Å². The second kappa shape index (κ2) is 8.83. The minimum absolute atomic E-state index is 0.194. The molecule has 0 radical (unpaired) electrons. The summed E-state index contributed by atoms with van der Waals surface area (Å²) in [5.74, 6) is 0.0598. The first kappa shape index (κ1) is 21.0. The van der Waals surface area contributed by atoms with Gasteiger partial charge in [-0.2, -0.15) is 0 Å². The molecular formula is C23H17ClN2O4S. The van der Waals surface area contributed by atoms with E-state index < -0.39 is 11.8 Å². The summed E-state index contributed by atoms with van der Waals surface area (Å²) in [6.45, 7) is 1.42. The van der Waals surface area contributed by atoms with Crippen LogP contribution in [0.4, 0.5) is 11.4 Å². The quantitative estimate of drug-likeness (QED) is 0.526. The minimum atomic E-state index is -0.429. The molecule has 1 N–H and O–H groups in total. The summed E-state index contributed by atoms with van der Waals surface area (Å²) in [7, 11) is 0. The van der Waals surface area contributed by atoms with Gasteiger partial charge in [0.2, 0.25) is 5.91 Å². The zero-order valence-electron chi connectivity index (χ0n) is 16.4. The van der Waals surface area contributed by atoms with Gasteiger partial charge in [-0.25, -0.2) is 4.90 Å². The number of rotatable bonds is 6. The van der Waals surface area contributed by atoms with Crippen LogP contribution in [0, 0.1) is 0 Å². The molecule has 6 nitrogen and oxygen atoms in total. The fourth-order valence-corrected chi connectivity index (χ4v) is 4.41. The normalized spacial score (nSPS) is 13.8. The predicted molar refractivity (Wildman–Crippen MR) is 122 cm³/mol. The maximum absolute atomic E-state index is 13.4. The van der Waals surface area contributed by atoms with E-state index in [1.807, 2.05) is 6.07 Å². The predicted octanol–water partition coefficient (Wildman–Crippen LogP) is 5.11. The van der Waals surface area contributed by atoms with Gasteiger partial charge in [0.05, 0.1) is 28.2 Å². The number of furan rings is 1. The molecule has 0 saturated carbocycles. The van der Waals surface area contributed by atoms with Gasteiger partial charge in [-0.15, -0.1) is 11.8 Å². The van der Waals surface area contributed by atoms with Crippen molar-refractivity contribution in [3.63, 3.8) is 0 Å². The van der Waals surface area contributed by atoms with Crippen molar-refractivity contribution in [1.82, 2.24) is 0 Å². The van der Waals surface area contributed by atoms with E-state index in [0.717, 1.165) is 4.90 Å². The molecule has 3 amide bonds. The van der Waals surface area contributed by atoms with E-state index in [-0.39, 0.29) is 5.91 Å². The summed E-state index contributed by atoms with van der Waals surface area (Å²) in [5.41, 5.74) is 1.89. The van der Waals surface area contributed by atoms with Crippen molar-refractivity contribution in [1.29, 1.82) is 0 Å². The molecule has 0 spiro atoms. The average molecular weight is 453 g/mol. The highest BCUT2D eigenvalue weighted by molar-refractivity contribution is 8.03. The third-order valence-corrected chi connectivity index (χ3v) is 5.87. The molecule has 0 unspecified atom stereocenters. The number of carbonyl (C=O) groups excluding carboxylic acids is 3. The molecule has 31 heavy (non-hydrogen) atoms. The molecule has 0 aliphatic carbocycles. The summed E-state index contributed by atoms with van der Waals surface area (Å²) in [6.07, 6.45) is 1.56. The topological polar surface area (TPSA) is 79.6 Å². The second-order valence-electron chi connectivity index (χ2n) is 6.76. The highest BCUT2D eigenvalue weighted by Crippen LogP contribution is 2.40. The van der Waals surface area contributed by atoms with Crippen LogP contribution in [0.15, 0.2) is 76.2 Å². The molecule has 1 aliphatic heterocycles. The van der Waals surface area contributed by atoms with Crippen molar-refractivity contribution in [2.24, 2.45) is 0 Å². The average Bonchev–Trinajstić information content (AvgIpc) is 3.33. The smallest absolute Gasteiger partial charge is 0.272 e. The van der Waals surface area contributed by atoms with Gasteiger partial charge in [0.15, 0.2) is 0 Å². The lowest BCUT2D eigenvalue weighted by Crippen LogP contribution is -2.31. The van der Waals surface area contributed by atoms with Gasteiger partial charge >= 0.3 is 0 Å². The fraction of sp³-hybridized carbons (Fsp3) is 0.0870. The lowest BCUT2D eigenvalue weighted by atomic mass is 10.1. The number of imide groups is 1. The van der Waals surface area contributed by atoms with E-state index in [9.17, 15) is 14.4 Å². The standard InChI is InChI=1S/C23H17ClN2O4S/c1-14(27)25-17-9-7-15(8-10-17)20-21(31-13-19-6-3-11-30-19)23(29)26(22(20)28)18-5-2-4-16(24)12-18/h2-12H,13H2,1H3,(H,25,27). The van der Waals surface area contributed by atoms with Crippen molar-refractivity contribution in [2.45, 2.75) is 12.7 Å². The van der Waals surface area contributed by atoms with Crippen LogP contribution in [0.5, 0.6) is 0 Å². The third kappa shape index (κ3) is 4.42. The van der Waals surface area contributed by atoms with Gasteiger partial charge in [-0.05, 0) is 48.0 Å². The molecule has 0 saturated heterocycles. The molecule has 2 heterocycles. The second-order valence-corrected chi connectivity index (χ2v) is 8.18. The van der Waals surface area contributed by atoms with Crippen LogP contribution in [0.25, 0.3) is 5.57 Å². The summed E-state index contributed by atoms with van der Waals surface area (Å²) in [5, 5.41) is 3.12. The first-order valence-corrected chi connectivity index (χ1v) is 10.7. The Morgan fingerprint density at radius 3 is 2.48 bits per heavy atom. The van der Waals surface area contributed by atoms with E-state index >= 15 is 0 Å². The minimum Gasteiger partial charge on any atom is -0.468 e. The molecule has 156 valence electrons. The highest BCUT2D eigenvalue weighted by Gasteiger charge is 2.40. The van der Waals surface area contributed by atoms with Gasteiger partial charge in [0.25, 0.3) is 11.8 Å². The van der Waals surface area contributed by atoms with E-state index in [1.54, 1.807) is 60.9 Å². The van der Waals surface area contributed by atoms with Crippen molar-refractivity contribution in [3.8, 4) is 0 Å². The molecule has 1 aromatic heterocycles. The maximum atomic E-state index is 13.4. The van der Waals surface area contributed by atoms with E-state index in [2.05, 4.69) is 5.32 Å². The monoisotopic (exact) mass is 452 g/mol. The molecule has 0 fully saturated rings. The first-order valence-electron chi connectivity index (χ1n) is 9.36. The number of anilines is 2. The Morgan fingerprint density at radius 2 is 1.84 bits per heavy atom. The molecule has 0 bridgehead atoms. The van der Waals surface area contributed by atoms with Crippen LogP contribution in [0.3, 0.4) is 0 Å². The number of hydrogen-bond acceptors (Lipinski definition) is 5. The molecule has 3 aromatic rings.